The lowest BCUT2D eigenvalue weighted by molar-refractivity contribution is 0.164. The predicted octanol–water partition coefficient (Wildman–Crippen LogP) is -0.0488. The molecule has 0 aromatic heterocycles. The van der Waals surface area contributed by atoms with Gasteiger partial charge in [0, 0.05) is 18.7 Å². The molecule has 0 saturated heterocycles. The van der Waals surface area contributed by atoms with Gasteiger partial charge in [-0.3, -0.25) is 0 Å². The lowest BCUT2D eigenvalue weighted by Crippen LogP contribution is -2.43. The monoisotopic (exact) mass is 280 g/mol. The second kappa shape index (κ2) is 5.70. The van der Waals surface area contributed by atoms with Gasteiger partial charge in [0.25, 0.3) is 0 Å². The van der Waals surface area contributed by atoms with Gasteiger partial charge in [-0.05, 0) is 19.1 Å². The molecule has 4 N–H and O–H groups in total. The van der Waals surface area contributed by atoms with Crippen LogP contribution in [0.15, 0.2) is 23.1 Å². The summed E-state index contributed by atoms with van der Waals surface area (Å²) in [7, 11) is -4.05. The minimum atomic E-state index is -4.05. The Hall–Kier alpha value is -1.09. The molecule has 1 rings (SSSR count). The molecule has 1 aromatic carbocycles. The van der Waals surface area contributed by atoms with E-state index in [1.807, 2.05) is 0 Å². The lowest BCUT2D eigenvalue weighted by Gasteiger charge is -2.15. The zero-order valence-corrected chi connectivity index (χ0v) is 10.4. The van der Waals surface area contributed by atoms with Crippen molar-refractivity contribution in [1.29, 1.82) is 0 Å². The molecule has 102 valence electrons. The standard InChI is InChI=1S/C10H14F2N2O3S/c1-6(15)10(13)5-14-18(16,17)9-3-7(11)2-8(12)4-9/h2-4,6,10,14-15H,5,13H2,1H3. The summed E-state index contributed by atoms with van der Waals surface area (Å²) < 4.78 is 51.2. The van der Waals surface area contributed by atoms with Crippen LogP contribution < -0.4 is 10.5 Å². The highest BCUT2D eigenvalue weighted by Crippen LogP contribution is 2.13. The van der Waals surface area contributed by atoms with Gasteiger partial charge in [0.1, 0.15) is 11.6 Å². The van der Waals surface area contributed by atoms with Gasteiger partial charge in [-0.15, -0.1) is 0 Å². The summed E-state index contributed by atoms with van der Waals surface area (Å²) in [6, 6.07) is 1.15. The van der Waals surface area contributed by atoms with E-state index in [1.54, 1.807) is 0 Å². The van der Waals surface area contributed by atoms with Crippen LogP contribution in [0.4, 0.5) is 8.78 Å². The Morgan fingerprint density at radius 1 is 1.33 bits per heavy atom. The van der Waals surface area contributed by atoms with Crippen LogP contribution in [-0.2, 0) is 10.0 Å². The highest BCUT2D eigenvalue weighted by molar-refractivity contribution is 7.89. The van der Waals surface area contributed by atoms with Crippen molar-refractivity contribution in [3.63, 3.8) is 0 Å². The minimum Gasteiger partial charge on any atom is -0.392 e. The second-order valence-electron chi connectivity index (χ2n) is 3.86. The molecule has 0 saturated carbocycles. The Bertz CT molecular complexity index is 500. The molecule has 5 nitrogen and oxygen atoms in total. The average Bonchev–Trinajstić information content (AvgIpc) is 2.24. The van der Waals surface area contributed by atoms with Crippen molar-refractivity contribution in [2.24, 2.45) is 5.73 Å². The molecule has 18 heavy (non-hydrogen) atoms. The highest BCUT2D eigenvalue weighted by Gasteiger charge is 2.18. The Morgan fingerprint density at radius 2 is 1.83 bits per heavy atom. The summed E-state index contributed by atoms with van der Waals surface area (Å²) >= 11 is 0. The molecular weight excluding hydrogens is 266 g/mol. The van der Waals surface area contributed by atoms with Crippen molar-refractivity contribution in [3.05, 3.63) is 29.8 Å². The van der Waals surface area contributed by atoms with Crippen molar-refractivity contribution < 1.29 is 22.3 Å². The largest absolute Gasteiger partial charge is 0.392 e. The third-order valence-electron chi connectivity index (χ3n) is 2.28. The summed E-state index contributed by atoms with van der Waals surface area (Å²) in [6.07, 6.45) is -0.906. The van der Waals surface area contributed by atoms with Gasteiger partial charge in [0.15, 0.2) is 0 Å². The van der Waals surface area contributed by atoms with E-state index in [0.717, 1.165) is 0 Å². The van der Waals surface area contributed by atoms with Gasteiger partial charge >= 0.3 is 0 Å². The Kier molecular flexibility index (Phi) is 4.74. The van der Waals surface area contributed by atoms with Crippen molar-refractivity contribution in [2.45, 2.75) is 24.0 Å². The third-order valence-corrected chi connectivity index (χ3v) is 3.68. The molecular formula is C10H14F2N2O3S. The van der Waals surface area contributed by atoms with Gasteiger partial charge in [0.05, 0.1) is 11.0 Å². The maximum atomic E-state index is 12.9. The lowest BCUT2D eigenvalue weighted by atomic mass is 10.2. The van der Waals surface area contributed by atoms with Gasteiger partial charge < -0.3 is 10.8 Å². The molecule has 0 aliphatic rings. The number of nitrogens with two attached hydrogens (primary N) is 1. The molecule has 0 aliphatic carbocycles. The topological polar surface area (TPSA) is 92.4 Å². The van der Waals surface area contributed by atoms with Crippen LogP contribution in [0.1, 0.15) is 6.92 Å². The number of aliphatic hydroxyl groups is 1. The molecule has 2 atom stereocenters. The van der Waals surface area contributed by atoms with E-state index in [2.05, 4.69) is 4.72 Å². The Labute approximate surface area is 104 Å². The molecule has 2 unspecified atom stereocenters. The highest BCUT2D eigenvalue weighted by atomic mass is 32.2. The molecule has 8 heteroatoms. The Balaban J connectivity index is 2.86. The van der Waals surface area contributed by atoms with Crippen LogP contribution in [0.25, 0.3) is 0 Å². The van der Waals surface area contributed by atoms with E-state index in [1.165, 1.54) is 6.92 Å². The fraction of sp³-hybridized carbons (Fsp3) is 0.400. The summed E-state index contributed by atoms with van der Waals surface area (Å²) in [5.41, 5.74) is 5.44. The van der Waals surface area contributed by atoms with Gasteiger partial charge in [-0.25, -0.2) is 21.9 Å². The van der Waals surface area contributed by atoms with Crippen molar-refractivity contribution in [1.82, 2.24) is 4.72 Å². The molecule has 1 aromatic rings. The zero-order valence-electron chi connectivity index (χ0n) is 9.60. The number of hydrogen-bond donors (Lipinski definition) is 3. The van der Waals surface area contributed by atoms with E-state index >= 15 is 0 Å². The molecule has 0 heterocycles. The zero-order chi connectivity index (χ0) is 13.9. The molecule has 0 spiro atoms. The van der Waals surface area contributed by atoms with E-state index in [0.29, 0.717) is 18.2 Å². The number of aliphatic hydroxyl groups excluding tert-OH is 1. The van der Waals surface area contributed by atoms with Crippen LogP contribution in [0.2, 0.25) is 0 Å². The molecule has 0 fully saturated rings. The van der Waals surface area contributed by atoms with Crippen LogP contribution >= 0.6 is 0 Å². The molecule has 0 amide bonds. The fourth-order valence-corrected chi connectivity index (χ4v) is 2.26. The SMILES string of the molecule is CC(O)C(N)CNS(=O)(=O)c1cc(F)cc(F)c1. The number of benzene rings is 1. The number of halogens is 2. The molecule has 0 bridgehead atoms. The summed E-state index contributed by atoms with van der Waals surface area (Å²) in [4.78, 5) is -0.530. The van der Waals surface area contributed by atoms with Gasteiger partial charge in [0.2, 0.25) is 10.0 Å². The molecule has 0 aliphatic heterocycles. The number of hydrogen-bond acceptors (Lipinski definition) is 4. The van der Waals surface area contributed by atoms with E-state index < -0.39 is 38.7 Å². The first-order valence-electron chi connectivity index (χ1n) is 5.12. The van der Waals surface area contributed by atoms with Crippen LogP contribution in [-0.4, -0.2) is 32.2 Å². The first-order valence-corrected chi connectivity index (χ1v) is 6.60. The van der Waals surface area contributed by atoms with Crippen molar-refractivity contribution in [2.75, 3.05) is 6.54 Å². The number of rotatable bonds is 5. The maximum Gasteiger partial charge on any atom is 0.240 e. The first-order chi connectivity index (χ1) is 8.22. The van der Waals surface area contributed by atoms with Gasteiger partial charge in [-0.1, -0.05) is 0 Å². The van der Waals surface area contributed by atoms with E-state index in [4.69, 9.17) is 10.8 Å². The van der Waals surface area contributed by atoms with Crippen LogP contribution in [0.3, 0.4) is 0 Å². The molecule has 0 radical (unpaired) electrons. The second-order valence-corrected chi connectivity index (χ2v) is 5.63. The first kappa shape index (κ1) is 15.0. The van der Waals surface area contributed by atoms with E-state index in [9.17, 15) is 17.2 Å². The average molecular weight is 280 g/mol. The maximum absolute atomic E-state index is 12.9. The summed E-state index contributed by atoms with van der Waals surface area (Å²) in [5.74, 6) is -1.98. The quantitative estimate of drug-likeness (QED) is 0.705. The van der Waals surface area contributed by atoms with Crippen LogP contribution in [0.5, 0.6) is 0 Å². The summed E-state index contributed by atoms with van der Waals surface area (Å²) in [6.45, 7) is 1.17. The van der Waals surface area contributed by atoms with Crippen molar-refractivity contribution in [3.8, 4) is 0 Å². The predicted molar refractivity (Wildman–Crippen MR) is 61.2 cm³/mol. The minimum absolute atomic E-state index is 0.238. The normalized spacial score (nSPS) is 15.4. The smallest absolute Gasteiger partial charge is 0.240 e. The van der Waals surface area contributed by atoms with Gasteiger partial charge in [-0.2, -0.15) is 0 Å². The van der Waals surface area contributed by atoms with Crippen molar-refractivity contribution >= 4 is 10.0 Å². The number of sulfonamides is 1. The number of nitrogens with one attached hydrogen (secondary N) is 1. The third kappa shape index (κ3) is 3.98. The Morgan fingerprint density at radius 3 is 2.28 bits per heavy atom. The summed E-state index contributed by atoms with van der Waals surface area (Å²) in [5, 5.41) is 9.10. The fourth-order valence-electron chi connectivity index (χ4n) is 1.14. The van der Waals surface area contributed by atoms with Crippen LogP contribution in [0, 0.1) is 11.6 Å². The van der Waals surface area contributed by atoms with E-state index in [-0.39, 0.29) is 6.54 Å².